The van der Waals surface area contributed by atoms with Gasteiger partial charge in [-0.2, -0.15) is 0 Å². The summed E-state index contributed by atoms with van der Waals surface area (Å²) in [5, 5.41) is 12.7. The molecule has 1 atom stereocenters. The molecular formula is C15H13F2N3O2. The first-order valence-electron chi connectivity index (χ1n) is 6.55. The van der Waals surface area contributed by atoms with Crippen LogP contribution in [0.2, 0.25) is 0 Å². The van der Waals surface area contributed by atoms with Gasteiger partial charge in [0.2, 0.25) is 5.91 Å². The zero-order chi connectivity index (χ0) is 15.9. The maximum atomic E-state index is 13.4. The monoisotopic (exact) mass is 305 g/mol. The summed E-state index contributed by atoms with van der Waals surface area (Å²) in [5.74, 6) is -2.51. The fourth-order valence-corrected chi connectivity index (χ4v) is 2.49. The first-order valence-corrected chi connectivity index (χ1v) is 6.55. The number of carbonyl (C=O) groups is 1. The van der Waals surface area contributed by atoms with E-state index in [9.17, 15) is 18.7 Å². The Morgan fingerprint density at radius 2 is 2.14 bits per heavy atom. The molecule has 1 aromatic rings. The van der Waals surface area contributed by atoms with Crippen LogP contribution in [0, 0.1) is 11.6 Å². The quantitative estimate of drug-likeness (QED) is 0.772. The van der Waals surface area contributed by atoms with Crippen molar-refractivity contribution in [1.82, 2.24) is 10.2 Å². The number of benzene rings is 1. The first kappa shape index (κ1) is 14.3. The molecule has 1 amide bonds. The second kappa shape index (κ2) is 5.27. The maximum Gasteiger partial charge on any atom is 0.250 e. The topological polar surface area (TPSA) is 78.6 Å². The van der Waals surface area contributed by atoms with Crippen LogP contribution in [0.15, 0.2) is 47.8 Å². The molecule has 0 fully saturated rings. The zero-order valence-electron chi connectivity index (χ0n) is 11.4. The Morgan fingerprint density at radius 1 is 1.36 bits per heavy atom. The number of nitrogens with zero attached hydrogens (tertiary/aromatic N) is 1. The molecule has 1 unspecified atom stereocenters. The van der Waals surface area contributed by atoms with Crippen LogP contribution in [0.1, 0.15) is 5.56 Å². The highest BCUT2D eigenvalue weighted by Crippen LogP contribution is 2.31. The zero-order valence-corrected chi connectivity index (χ0v) is 11.4. The summed E-state index contributed by atoms with van der Waals surface area (Å²) >= 11 is 0. The molecule has 4 N–H and O–H groups in total. The number of primary amides is 1. The molecule has 2 heterocycles. The smallest absolute Gasteiger partial charge is 0.250 e. The molecule has 5 nitrogen and oxygen atoms in total. The number of fused-ring (bicyclic) bond motifs is 1. The Balaban J connectivity index is 2.04. The van der Waals surface area contributed by atoms with Crippen molar-refractivity contribution in [3.63, 3.8) is 0 Å². The van der Waals surface area contributed by atoms with E-state index >= 15 is 0 Å². The van der Waals surface area contributed by atoms with E-state index in [1.54, 1.807) is 17.1 Å². The number of carbonyl (C=O) groups excluding carboxylic acids is 1. The molecule has 0 spiro atoms. The fraction of sp³-hybridized carbons (Fsp3) is 0.133. The molecule has 3 rings (SSSR count). The van der Waals surface area contributed by atoms with Crippen LogP contribution in [0.5, 0.6) is 0 Å². The highest BCUT2D eigenvalue weighted by atomic mass is 19.2. The molecule has 0 aromatic heterocycles. The van der Waals surface area contributed by atoms with Gasteiger partial charge in [-0.1, -0.05) is 0 Å². The van der Waals surface area contributed by atoms with Crippen LogP contribution in [0.4, 0.5) is 8.78 Å². The Hall–Kier alpha value is -2.67. The van der Waals surface area contributed by atoms with E-state index < -0.39 is 17.5 Å². The number of nitrogens with two attached hydrogens (primary N) is 1. The number of hydrogen-bond acceptors (Lipinski definition) is 4. The lowest BCUT2D eigenvalue weighted by molar-refractivity contribution is -0.114. The van der Waals surface area contributed by atoms with Crippen molar-refractivity contribution in [1.29, 1.82) is 0 Å². The van der Waals surface area contributed by atoms with Crippen molar-refractivity contribution in [3.8, 4) is 0 Å². The van der Waals surface area contributed by atoms with Crippen molar-refractivity contribution in [3.05, 3.63) is 65.0 Å². The largest absolute Gasteiger partial charge is 0.390 e. The molecule has 2 aliphatic rings. The number of rotatable bonds is 3. The van der Waals surface area contributed by atoms with Crippen molar-refractivity contribution in [2.45, 2.75) is 6.17 Å². The van der Waals surface area contributed by atoms with E-state index in [4.69, 9.17) is 5.73 Å². The molecule has 0 aliphatic carbocycles. The lowest BCUT2D eigenvalue weighted by atomic mass is 10.1. The third-order valence-corrected chi connectivity index (χ3v) is 3.57. The van der Waals surface area contributed by atoms with Crippen LogP contribution in [-0.4, -0.2) is 28.7 Å². The van der Waals surface area contributed by atoms with Crippen LogP contribution >= 0.6 is 0 Å². The number of aliphatic hydroxyl groups is 1. The minimum atomic E-state index is -0.974. The lowest BCUT2D eigenvalue weighted by Crippen LogP contribution is -2.35. The van der Waals surface area contributed by atoms with Gasteiger partial charge in [-0.25, -0.2) is 8.78 Å². The second-order valence-corrected chi connectivity index (χ2v) is 4.91. The highest BCUT2D eigenvalue weighted by Gasteiger charge is 2.31. The average Bonchev–Trinajstić information content (AvgIpc) is 2.87. The second-order valence-electron chi connectivity index (χ2n) is 4.91. The van der Waals surface area contributed by atoms with Gasteiger partial charge < -0.3 is 21.1 Å². The van der Waals surface area contributed by atoms with Crippen molar-refractivity contribution in [2.24, 2.45) is 5.73 Å². The van der Waals surface area contributed by atoms with Gasteiger partial charge in [-0.3, -0.25) is 4.79 Å². The van der Waals surface area contributed by atoms with Crippen molar-refractivity contribution < 1.29 is 18.7 Å². The molecule has 22 heavy (non-hydrogen) atoms. The van der Waals surface area contributed by atoms with Gasteiger partial charge in [0.25, 0.3) is 0 Å². The fourth-order valence-electron chi connectivity index (χ4n) is 2.49. The molecule has 114 valence electrons. The van der Waals surface area contributed by atoms with Gasteiger partial charge in [0.15, 0.2) is 11.6 Å². The van der Waals surface area contributed by atoms with Crippen molar-refractivity contribution in [2.75, 3.05) is 6.61 Å². The SMILES string of the molecule is NC(=O)C1=CN2C(CO)=C(c3ccc(F)c(F)c3)NC2C=C1. The minimum Gasteiger partial charge on any atom is -0.390 e. The van der Waals surface area contributed by atoms with Crippen LogP contribution in [-0.2, 0) is 4.79 Å². The summed E-state index contributed by atoms with van der Waals surface area (Å²) < 4.78 is 26.5. The van der Waals surface area contributed by atoms with Gasteiger partial charge >= 0.3 is 0 Å². The summed E-state index contributed by atoms with van der Waals surface area (Å²) in [6, 6.07) is 3.48. The Labute approximate surface area is 125 Å². The lowest BCUT2D eigenvalue weighted by Gasteiger charge is -2.25. The Morgan fingerprint density at radius 3 is 2.77 bits per heavy atom. The third kappa shape index (κ3) is 2.25. The molecule has 0 saturated heterocycles. The molecule has 1 aromatic carbocycles. The summed E-state index contributed by atoms with van der Waals surface area (Å²) in [7, 11) is 0. The number of nitrogens with one attached hydrogen (secondary N) is 1. The number of amides is 1. The van der Waals surface area contributed by atoms with Gasteiger partial charge in [0.05, 0.1) is 23.6 Å². The van der Waals surface area contributed by atoms with E-state index in [1.807, 2.05) is 0 Å². The molecule has 2 aliphatic heterocycles. The standard InChI is InChI=1S/C15H13F2N3O2/c16-10-3-1-8(5-11(10)17)14-12(7-21)20-6-9(15(18)22)2-4-13(20)19-14/h1-6,13,19,21H,7H2,(H2,18,22). The summed E-state index contributed by atoms with van der Waals surface area (Å²) in [6.07, 6.45) is 4.45. The molecular weight excluding hydrogens is 292 g/mol. The van der Waals surface area contributed by atoms with Gasteiger partial charge in [-0.05, 0) is 30.4 Å². The van der Waals surface area contributed by atoms with Crippen LogP contribution in [0.3, 0.4) is 0 Å². The maximum absolute atomic E-state index is 13.4. The number of hydrogen-bond donors (Lipinski definition) is 3. The first-order chi connectivity index (χ1) is 10.5. The summed E-state index contributed by atoms with van der Waals surface area (Å²) in [6.45, 7) is -0.339. The van der Waals surface area contributed by atoms with Crippen LogP contribution < -0.4 is 11.1 Å². The van der Waals surface area contributed by atoms with E-state index in [2.05, 4.69) is 5.32 Å². The Bertz CT molecular complexity index is 740. The predicted octanol–water partition coefficient (Wildman–Crippen LogP) is 0.796. The predicted molar refractivity (Wildman–Crippen MR) is 75.5 cm³/mol. The number of halogens is 2. The summed E-state index contributed by atoms with van der Waals surface area (Å²) in [4.78, 5) is 12.9. The molecule has 0 bridgehead atoms. The van der Waals surface area contributed by atoms with Crippen LogP contribution in [0.25, 0.3) is 5.70 Å². The minimum absolute atomic E-state index is 0.288. The summed E-state index contributed by atoms with van der Waals surface area (Å²) in [5.41, 5.74) is 6.85. The molecule has 0 saturated carbocycles. The van der Waals surface area contributed by atoms with Gasteiger partial charge in [0.1, 0.15) is 6.17 Å². The average molecular weight is 305 g/mol. The van der Waals surface area contributed by atoms with Crippen molar-refractivity contribution >= 4 is 11.6 Å². The van der Waals surface area contributed by atoms with E-state index in [1.165, 1.54) is 12.3 Å². The van der Waals surface area contributed by atoms with E-state index in [-0.39, 0.29) is 18.3 Å². The third-order valence-electron chi connectivity index (χ3n) is 3.57. The normalized spacial score (nSPS) is 19.9. The van der Waals surface area contributed by atoms with Gasteiger partial charge in [0, 0.05) is 11.8 Å². The van der Waals surface area contributed by atoms with Gasteiger partial charge in [-0.15, -0.1) is 0 Å². The highest BCUT2D eigenvalue weighted by molar-refractivity contribution is 5.95. The number of aliphatic hydroxyl groups excluding tert-OH is 1. The van der Waals surface area contributed by atoms with E-state index in [0.29, 0.717) is 17.0 Å². The molecule has 0 radical (unpaired) electrons. The van der Waals surface area contributed by atoms with E-state index in [0.717, 1.165) is 12.1 Å². The molecule has 7 heteroatoms. The Kier molecular flexibility index (Phi) is 3.42.